The number of benzene rings is 2. The smallest absolute Gasteiger partial charge is 0.185 e. The fraction of sp³-hybridized carbons (Fsp3) is 0.167. The van der Waals surface area contributed by atoms with Crippen LogP contribution in [0.1, 0.15) is 22.8 Å². The average Bonchev–Trinajstić information content (AvgIpc) is 2.54. The van der Waals surface area contributed by atoms with Crippen molar-refractivity contribution < 1.29 is 14.3 Å². The molecule has 0 aliphatic carbocycles. The molecule has 0 bridgehead atoms. The molecule has 0 radical (unpaired) electrons. The zero-order valence-electron chi connectivity index (χ0n) is 12.5. The van der Waals surface area contributed by atoms with Gasteiger partial charge in [-0.05, 0) is 55.0 Å². The van der Waals surface area contributed by atoms with E-state index in [1.54, 1.807) is 31.4 Å². The first kappa shape index (κ1) is 16.3. The van der Waals surface area contributed by atoms with Gasteiger partial charge in [-0.2, -0.15) is 0 Å². The van der Waals surface area contributed by atoms with Gasteiger partial charge in [-0.15, -0.1) is 0 Å². The zero-order valence-corrected chi connectivity index (χ0v) is 14.1. The van der Waals surface area contributed by atoms with Crippen LogP contribution in [-0.2, 0) is 0 Å². The van der Waals surface area contributed by atoms with E-state index in [-0.39, 0.29) is 5.78 Å². The number of ether oxygens (including phenoxy) is 2. The molecule has 114 valence electrons. The Morgan fingerprint density at radius 2 is 1.86 bits per heavy atom. The summed E-state index contributed by atoms with van der Waals surface area (Å²) in [6, 6.07) is 12.8. The monoisotopic (exact) mass is 360 g/mol. The first-order valence-corrected chi connectivity index (χ1v) is 7.72. The lowest BCUT2D eigenvalue weighted by Gasteiger charge is -2.09. The van der Waals surface area contributed by atoms with Crippen LogP contribution in [0, 0.1) is 0 Å². The summed E-state index contributed by atoms with van der Waals surface area (Å²) in [7, 11) is 1.60. The van der Waals surface area contributed by atoms with Crippen molar-refractivity contribution in [1.29, 1.82) is 0 Å². The standard InChI is InChI=1S/C18H17BrO3/c1-3-22-17-11-5-13(12-18(17)21-2)4-10-16(20)14-6-8-15(19)9-7-14/h4-12H,3H2,1-2H3/b10-4+. The van der Waals surface area contributed by atoms with E-state index in [1.807, 2.05) is 37.3 Å². The van der Waals surface area contributed by atoms with Gasteiger partial charge in [0.1, 0.15) is 0 Å². The second-order valence-corrected chi connectivity index (χ2v) is 5.46. The second kappa shape index (κ2) is 7.80. The molecule has 0 unspecified atom stereocenters. The van der Waals surface area contributed by atoms with Crippen molar-refractivity contribution in [2.75, 3.05) is 13.7 Å². The van der Waals surface area contributed by atoms with E-state index in [9.17, 15) is 4.79 Å². The number of rotatable bonds is 6. The highest BCUT2D eigenvalue weighted by Crippen LogP contribution is 2.28. The van der Waals surface area contributed by atoms with E-state index in [0.717, 1.165) is 10.0 Å². The minimum absolute atomic E-state index is 0.0413. The molecule has 0 aliphatic heterocycles. The quantitative estimate of drug-likeness (QED) is 0.550. The van der Waals surface area contributed by atoms with Crippen LogP contribution >= 0.6 is 15.9 Å². The van der Waals surface area contributed by atoms with E-state index in [0.29, 0.717) is 23.7 Å². The molecular formula is C18H17BrO3. The van der Waals surface area contributed by atoms with Gasteiger partial charge in [-0.25, -0.2) is 0 Å². The van der Waals surface area contributed by atoms with E-state index >= 15 is 0 Å². The predicted octanol–water partition coefficient (Wildman–Crippen LogP) is 4.75. The van der Waals surface area contributed by atoms with Gasteiger partial charge >= 0.3 is 0 Å². The first-order chi connectivity index (χ1) is 10.6. The number of allylic oxidation sites excluding steroid dienone is 1. The number of halogens is 1. The van der Waals surface area contributed by atoms with Gasteiger partial charge in [0.25, 0.3) is 0 Å². The number of hydrogen-bond acceptors (Lipinski definition) is 3. The summed E-state index contributed by atoms with van der Waals surface area (Å²) in [4.78, 5) is 12.1. The Morgan fingerprint density at radius 3 is 2.50 bits per heavy atom. The topological polar surface area (TPSA) is 35.5 Å². The Bertz CT molecular complexity index is 675. The molecule has 2 rings (SSSR count). The number of hydrogen-bond donors (Lipinski definition) is 0. The molecule has 4 heteroatoms. The molecule has 0 aromatic heterocycles. The molecule has 0 spiro atoms. The highest BCUT2D eigenvalue weighted by Gasteiger charge is 2.05. The van der Waals surface area contributed by atoms with Crippen LogP contribution in [0.4, 0.5) is 0 Å². The summed E-state index contributed by atoms with van der Waals surface area (Å²) in [6.45, 7) is 2.50. The van der Waals surface area contributed by atoms with Crippen molar-refractivity contribution in [3.05, 3.63) is 64.1 Å². The van der Waals surface area contributed by atoms with Crippen LogP contribution in [-0.4, -0.2) is 19.5 Å². The highest BCUT2D eigenvalue weighted by molar-refractivity contribution is 9.10. The zero-order chi connectivity index (χ0) is 15.9. The van der Waals surface area contributed by atoms with Crippen LogP contribution in [0.3, 0.4) is 0 Å². The second-order valence-electron chi connectivity index (χ2n) is 4.55. The van der Waals surface area contributed by atoms with Gasteiger partial charge in [-0.1, -0.05) is 28.1 Å². The van der Waals surface area contributed by atoms with E-state index in [4.69, 9.17) is 9.47 Å². The summed E-state index contributed by atoms with van der Waals surface area (Å²) >= 11 is 3.35. The maximum absolute atomic E-state index is 12.1. The SMILES string of the molecule is CCOc1ccc(/C=C/C(=O)c2ccc(Br)cc2)cc1OC. The molecule has 2 aromatic rings. The van der Waals surface area contributed by atoms with Crippen LogP contribution in [0.15, 0.2) is 53.0 Å². The Hall–Kier alpha value is -2.07. The molecular weight excluding hydrogens is 344 g/mol. The fourth-order valence-corrected chi connectivity index (χ4v) is 2.21. The summed E-state index contributed by atoms with van der Waals surface area (Å²) in [6.07, 6.45) is 3.32. The Morgan fingerprint density at radius 1 is 1.14 bits per heavy atom. The third-order valence-corrected chi connectivity index (χ3v) is 3.57. The molecule has 0 heterocycles. The Balaban J connectivity index is 2.15. The molecule has 0 N–H and O–H groups in total. The van der Waals surface area contributed by atoms with Gasteiger partial charge in [0, 0.05) is 10.0 Å². The number of ketones is 1. The summed E-state index contributed by atoms with van der Waals surface area (Å²) in [5, 5.41) is 0. The lowest BCUT2D eigenvalue weighted by Crippen LogP contribution is -1.96. The molecule has 3 nitrogen and oxygen atoms in total. The maximum Gasteiger partial charge on any atom is 0.185 e. The van der Waals surface area contributed by atoms with Crippen LogP contribution in [0.2, 0.25) is 0 Å². The Labute approximate surface area is 138 Å². The summed E-state index contributed by atoms with van der Waals surface area (Å²) in [5.41, 5.74) is 1.53. The van der Waals surface area contributed by atoms with Crippen LogP contribution in [0.25, 0.3) is 6.08 Å². The van der Waals surface area contributed by atoms with E-state index in [2.05, 4.69) is 15.9 Å². The highest BCUT2D eigenvalue weighted by atomic mass is 79.9. The third kappa shape index (κ3) is 4.21. The molecule has 0 aliphatic rings. The van der Waals surface area contributed by atoms with Gasteiger partial charge in [0.15, 0.2) is 17.3 Å². The van der Waals surface area contributed by atoms with Gasteiger partial charge in [0.2, 0.25) is 0 Å². The van der Waals surface area contributed by atoms with Crippen molar-refractivity contribution in [3.8, 4) is 11.5 Å². The molecule has 0 saturated heterocycles. The van der Waals surface area contributed by atoms with E-state index in [1.165, 1.54) is 0 Å². The van der Waals surface area contributed by atoms with Crippen LogP contribution < -0.4 is 9.47 Å². The first-order valence-electron chi connectivity index (χ1n) is 6.93. The molecule has 0 amide bonds. The fourth-order valence-electron chi connectivity index (χ4n) is 1.94. The van der Waals surface area contributed by atoms with Gasteiger partial charge in [-0.3, -0.25) is 4.79 Å². The molecule has 2 aromatic carbocycles. The van der Waals surface area contributed by atoms with Gasteiger partial charge < -0.3 is 9.47 Å². The molecule has 0 atom stereocenters. The number of carbonyl (C=O) groups excluding carboxylic acids is 1. The van der Waals surface area contributed by atoms with Crippen molar-refractivity contribution in [2.45, 2.75) is 6.92 Å². The summed E-state index contributed by atoms with van der Waals surface area (Å²) in [5.74, 6) is 1.31. The Kier molecular flexibility index (Phi) is 5.78. The lowest BCUT2D eigenvalue weighted by molar-refractivity contribution is 0.104. The predicted molar refractivity (Wildman–Crippen MR) is 91.7 cm³/mol. The van der Waals surface area contributed by atoms with Crippen LogP contribution in [0.5, 0.6) is 11.5 Å². The van der Waals surface area contributed by atoms with Crippen molar-refractivity contribution in [3.63, 3.8) is 0 Å². The number of carbonyl (C=O) groups is 1. The van der Waals surface area contributed by atoms with Crippen molar-refractivity contribution >= 4 is 27.8 Å². The largest absolute Gasteiger partial charge is 0.493 e. The normalized spacial score (nSPS) is 10.7. The third-order valence-electron chi connectivity index (χ3n) is 3.04. The average molecular weight is 361 g/mol. The maximum atomic E-state index is 12.1. The van der Waals surface area contributed by atoms with Gasteiger partial charge in [0.05, 0.1) is 13.7 Å². The van der Waals surface area contributed by atoms with Crippen molar-refractivity contribution in [1.82, 2.24) is 0 Å². The lowest BCUT2D eigenvalue weighted by atomic mass is 10.1. The minimum atomic E-state index is -0.0413. The molecule has 22 heavy (non-hydrogen) atoms. The molecule has 0 fully saturated rings. The minimum Gasteiger partial charge on any atom is -0.493 e. The molecule has 0 saturated carbocycles. The van der Waals surface area contributed by atoms with E-state index < -0.39 is 0 Å². The van der Waals surface area contributed by atoms with Crippen molar-refractivity contribution in [2.24, 2.45) is 0 Å². The number of methoxy groups -OCH3 is 1. The summed E-state index contributed by atoms with van der Waals surface area (Å²) < 4.78 is 11.7.